The van der Waals surface area contributed by atoms with Gasteiger partial charge in [-0.05, 0) is 36.1 Å². The topological polar surface area (TPSA) is 76.2 Å². The van der Waals surface area contributed by atoms with Gasteiger partial charge in [0.25, 0.3) is 5.91 Å². The summed E-state index contributed by atoms with van der Waals surface area (Å²) in [6.45, 7) is 3.57. The van der Waals surface area contributed by atoms with E-state index in [1.54, 1.807) is 24.7 Å². The first-order chi connectivity index (χ1) is 13.7. The van der Waals surface area contributed by atoms with E-state index in [9.17, 15) is 9.18 Å². The normalized spacial score (nSPS) is 21.3. The second-order valence-electron chi connectivity index (χ2n) is 7.56. The number of fused-ring (bicyclic) bond motifs is 2. The summed E-state index contributed by atoms with van der Waals surface area (Å²) in [5.74, 6) is 1.34. The molecule has 7 nitrogen and oxygen atoms in total. The number of carbonyl (C=O) groups excluding carboxylic acids is 1. The molecular formula is C20H20FN5O2. The van der Waals surface area contributed by atoms with Gasteiger partial charge in [0.2, 0.25) is 5.82 Å². The summed E-state index contributed by atoms with van der Waals surface area (Å²) in [6.07, 6.45) is 4.29. The van der Waals surface area contributed by atoms with E-state index >= 15 is 0 Å². The maximum atomic E-state index is 13.4. The minimum absolute atomic E-state index is 0.283. The highest BCUT2D eigenvalue weighted by Gasteiger charge is 2.39. The molecule has 0 saturated carbocycles. The maximum Gasteiger partial charge on any atom is 0.293 e. The molecule has 1 aromatic carbocycles. The van der Waals surface area contributed by atoms with Crippen molar-refractivity contribution < 1.29 is 13.6 Å². The quantitative estimate of drug-likeness (QED) is 0.752. The number of hydrogen-bond acceptors (Lipinski definition) is 5. The third-order valence-electron chi connectivity index (χ3n) is 5.61. The van der Waals surface area contributed by atoms with Crippen LogP contribution >= 0.6 is 0 Å². The van der Waals surface area contributed by atoms with Gasteiger partial charge in [-0.15, -0.1) is 10.2 Å². The lowest BCUT2D eigenvalue weighted by Gasteiger charge is -2.25. The lowest BCUT2D eigenvalue weighted by atomic mass is 9.89. The van der Waals surface area contributed by atoms with Crippen molar-refractivity contribution in [3.63, 3.8) is 0 Å². The van der Waals surface area contributed by atoms with Gasteiger partial charge < -0.3 is 14.3 Å². The smallest absolute Gasteiger partial charge is 0.293 e. The number of amides is 1. The van der Waals surface area contributed by atoms with Gasteiger partial charge in [0.1, 0.15) is 11.6 Å². The SMILES string of the molecule is O=C(Nc1cccc(F)c1)c1nnc2n1C[C@H]1CN(Cc3ccoc3)C[C@H]1C2. The third-order valence-corrected chi connectivity index (χ3v) is 5.61. The number of furan rings is 1. The summed E-state index contributed by atoms with van der Waals surface area (Å²) >= 11 is 0. The first kappa shape index (κ1) is 17.1. The number of nitrogens with one attached hydrogen (secondary N) is 1. The van der Waals surface area contributed by atoms with E-state index in [4.69, 9.17) is 4.42 Å². The first-order valence-electron chi connectivity index (χ1n) is 9.38. The van der Waals surface area contributed by atoms with E-state index in [-0.39, 0.29) is 11.7 Å². The fraction of sp³-hybridized carbons (Fsp3) is 0.350. The third kappa shape index (κ3) is 3.20. The Bertz CT molecular complexity index is 1000. The van der Waals surface area contributed by atoms with Crippen LogP contribution in [0.4, 0.5) is 10.1 Å². The van der Waals surface area contributed by atoms with Crippen LogP contribution in [-0.2, 0) is 19.5 Å². The van der Waals surface area contributed by atoms with E-state index in [0.717, 1.165) is 38.4 Å². The Labute approximate surface area is 161 Å². The molecule has 144 valence electrons. The predicted molar refractivity (Wildman–Crippen MR) is 99.0 cm³/mol. The Hall–Kier alpha value is -3.00. The fourth-order valence-electron chi connectivity index (χ4n) is 4.31. The van der Waals surface area contributed by atoms with Gasteiger partial charge in [-0.2, -0.15) is 0 Å². The van der Waals surface area contributed by atoms with Crippen molar-refractivity contribution in [2.45, 2.75) is 19.5 Å². The van der Waals surface area contributed by atoms with Gasteiger partial charge in [0, 0.05) is 43.9 Å². The average molecular weight is 381 g/mol. The lowest BCUT2D eigenvalue weighted by molar-refractivity contribution is 0.100. The van der Waals surface area contributed by atoms with E-state index in [2.05, 4.69) is 20.4 Å². The molecule has 2 atom stereocenters. The van der Waals surface area contributed by atoms with Crippen molar-refractivity contribution in [3.05, 3.63) is 65.9 Å². The molecule has 0 unspecified atom stereocenters. The first-order valence-corrected chi connectivity index (χ1v) is 9.38. The van der Waals surface area contributed by atoms with Crippen LogP contribution in [0.15, 0.2) is 47.3 Å². The Morgan fingerprint density at radius 1 is 1.21 bits per heavy atom. The summed E-state index contributed by atoms with van der Waals surface area (Å²) in [6, 6.07) is 7.82. The minimum atomic E-state index is -0.396. The van der Waals surface area contributed by atoms with Gasteiger partial charge in [-0.3, -0.25) is 9.69 Å². The van der Waals surface area contributed by atoms with Gasteiger partial charge in [0.05, 0.1) is 12.5 Å². The number of carbonyl (C=O) groups is 1. The number of nitrogens with zero attached hydrogens (tertiary/aromatic N) is 4. The average Bonchev–Trinajstić information content (AvgIpc) is 3.39. The number of rotatable bonds is 4. The standard InChI is InChI=1S/C20H20FN5O2/c21-16-2-1-3-17(7-16)22-20(27)19-24-23-18-6-14-9-25(8-13-4-5-28-12-13)10-15(14)11-26(18)19/h1-5,7,12,14-15H,6,8-11H2,(H,22,27)/t14-,15-/m1/s1. The molecule has 0 radical (unpaired) electrons. The van der Waals surface area contributed by atoms with Crippen LogP contribution in [-0.4, -0.2) is 38.7 Å². The van der Waals surface area contributed by atoms with Crippen LogP contribution < -0.4 is 5.32 Å². The van der Waals surface area contributed by atoms with Gasteiger partial charge >= 0.3 is 0 Å². The molecule has 1 N–H and O–H groups in total. The van der Waals surface area contributed by atoms with Crippen LogP contribution in [0.5, 0.6) is 0 Å². The molecule has 2 aliphatic rings. The Kier molecular flexibility index (Phi) is 4.20. The predicted octanol–water partition coefficient (Wildman–Crippen LogP) is 2.57. The van der Waals surface area contributed by atoms with E-state index in [1.807, 2.05) is 10.6 Å². The summed E-state index contributed by atoms with van der Waals surface area (Å²) in [4.78, 5) is 15.1. The molecule has 1 amide bonds. The van der Waals surface area contributed by atoms with Crippen molar-refractivity contribution in [2.75, 3.05) is 18.4 Å². The lowest BCUT2D eigenvalue weighted by Crippen LogP contribution is -2.31. The largest absolute Gasteiger partial charge is 0.472 e. The number of benzene rings is 1. The van der Waals surface area contributed by atoms with Crippen molar-refractivity contribution in [1.29, 1.82) is 0 Å². The molecular weight excluding hydrogens is 361 g/mol. The van der Waals surface area contributed by atoms with Crippen molar-refractivity contribution in [1.82, 2.24) is 19.7 Å². The van der Waals surface area contributed by atoms with E-state index in [1.165, 1.54) is 17.7 Å². The zero-order valence-electron chi connectivity index (χ0n) is 15.2. The zero-order chi connectivity index (χ0) is 19.1. The Morgan fingerprint density at radius 2 is 2.11 bits per heavy atom. The summed E-state index contributed by atoms with van der Waals surface area (Å²) in [5, 5.41) is 11.1. The number of anilines is 1. The van der Waals surface area contributed by atoms with Crippen LogP contribution in [0.25, 0.3) is 0 Å². The molecule has 1 saturated heterocycles. The molecule has 8 heteroatoms. The van der Waals surface area contributed by atoms with Crippen LogP contribution in [0.3, 0.4) is 0 Å². The molecule has 0 bridgehead atoms. The highest BCUT2D eigenvalue weighted by Crippen LogP contribution is 2.33. The molecule has 28 heavy (non-hydrogen) atoms. The van der Waals surface area contributed by atoms with E-state index < -0.39 is 5.82 Å². The van der Waals surface area contributed by atoms with Gasteiger partial charge in [-0.25, -0.2) is 4.39 Å². The molecule has 1 fully saturated rings. The maximum absolute atomic E-state index is 13.4. The van der Waals surface area contributed by atoms with Gasteiger partial charge in [0.15, 0.2) is 0 Å². The number of halogens is 1. The number of aromatic nitrogens is 3. The molecule has 0 aliphatic carbocycles. The van der Waals surface area contributed by atoms with Crippen LogP contribution in [0.1, 0.15) is 22.0 Å². The minimum Gasteiger partial charge on any atom is -0.472 e. The van der Waals surface area contributed by atoms with Gasteiger partial charge in [-0.1, -0.05) is 6.07 Å². The number of likely N-dealkylation sites (tertiary alicyclic amines) is 1. The Balaban J connectivity index is 1.29. The monoisotopic (exact) mass is 381 g/mol. The summed E-state index contributed by atoms with van der Waals surface area (Å²) < 4.78 is 20.4. The van der Waals surface area contributed by atoms with Crippen LogP contribution in [0, 0.1) is 17.7 Å². The van der Waals surface area contributed by atoms with Crippen molar-refractivity contribution >= 4 is 11.6 Å². The second-order valence-corrected chi connectivity index (χ2v) is 7.56. The summed E-state index contributed by atoms with van der Waals surface area (Å²) in [7, 11) is 0. The highest BCUT2D eigenvalue weighted by atomic mass is 19.1. The molecule has 2 aliphatic heterocycles. The Morgan fingerprint density at radius 3 is 2.93 bits per heavy atom. The zero-order valence-corrected chi connectivity index (χ0v) is 15.2. The fourth-order valence-corrected chi connectivity index (χ4v) is 4.31. The van der Waals surface area contributed by atoms with Crippen LogP contribution in [0.2, 0.25) is 0 Å². The van der Waals surface area contributed by atoms with Crippen molar-refractivity contribution in [2.24, 2.45) is 11.8 Å². The molecule has 4 heterocycles. The molecule has 3 aromatic rings. The second kappa shape index (κ2) is 6.87. The number of hydrogen-bond donors (Lipinski definition) is 1. The van der Waals surface area contributed by atoms with E-state index in [0.29, 0.717) is 17.5 Å². The molecule has 5 rings (SSSR count). The van der Waals surface area contributed by atoms with Crippen molar-refractivity contribution in [3.8, 4) is 0 Å². The summed E-state index contributed by atoms with van der Waals surface area (Å²) in [5.41, 5.74) is 1.58. The highest BCUT2D eigenvalue weighted by molar-refractivity contribution is 6.01. The molecule has 0 spiro atoms. The molecule has 2 aromatic heterocycles.